The molecule has 0 rings (SSSR count). The van der Waals surface area contributed by atoms with Crippen LogP contribution >= 0.6 is 12.6 Å². The number of thiol groups is 1. The van der Waals surface area contributed by atoms with Crippen LogP contribution in [-0.4, -0.2) is 17.7 Å². The van der Waals surface area contributed by atoms with E-state index in [1.54, 1.807) is 0 Å². The number of carbonyl (C=O) groups is 1. The van der Waals surface area contributed by atoms with Crippen molar-refractivity contribution in [2.45, 2.75) is 18.9 Å². The number of amides is 1. The van der Waals surface area contributed by atoms with Gasteiger partial charge in [0.05, 0.1) is 0 Å². The number of hydrogen-bond donors (Lipinski definition) is 3. The summed E-state index contributed by atoms with van der Waals surface area (Å²) in [6.45, 7) is 0. The standard InChI is InChI=1S/C5H12N2OS/c6-4(3-9)1-2-5(7)8/h4,9H,1-3,6H2,(H2,7,8). The molecule has 0 saturated heterocycles. The number of primary amides is 1. The van der Waals surface area contributed by atoms with Gasteiger partial charge in [0.15, 0.2) is 0 Å². The molecule has 54 valence electrons. The van der Waals surface area contributed by atoms with Crippen LogP contribution in [0.4, 0.5) is 0 Å². The molecule has 0 radical (unpaired) electrons. The summed E-state index contributed by atoms with van der Waals surface area (Å²) < 4.78 is 0. The Morgan fingerprint density at radius 3 is 2.56 bits per heavy atom. The Labute approximate surface area is 60.2 Å². The SMILES string of the molecule is NC(=O)CCC(N)CS. The summed E-state index contributed by atoms with van der Waals surface area (Å²) in [5.41, 5.74) is 10.3. The maximum absolute atomic E-state index is 10.2. The van der Waals surface area contributed by atoms with E-state index in [0.29, 0.717) is 18.6 Å². The predicted octanol–water partition coefficient (Wildman–Crippen LogP) is -0.491. The molecule has 0 aliphatic carbocycles. The molecule has 0 bridgehead atoms. The first-order valence-corrected chi connectivity index (χ1v) is 3.44. The summed E-state index contributed by atoms with van der Waals surface area (Å²) in [5, 5.41) is 0. The average molecular weight is 148 g/mol. The zero-order valence-electron chi connectivity index (χ0n) is 5.21. The lowest BCUT2D eigenvalue weighted by Gasteiger charge is -2.03. The highest BCUT2D eigenvalue weighted by Crippen LogP contribution is 1.94. The summed E-state index contributed by atoms with van der Waals surface area (Å²) in [5.74, 6) is 0.306. The number of carbonyl (C=O) groups excluding carboxylic acids is 1. The largest absolute Gasteiger partial charge is 0.370 e. The van der Waals surface area contributed by atoms with E-state index in [-0.39, 0.29) is 11.9 Å². The fraction of sp³-hybridized carbons (Fsp3) is 0.800. The smallest absolute Gasteiger partial charge is 0.217 e. The van der Waals surface area contributed by atoms with Gasteiger partial charge in [0.25, 0.3) is 0 Å². The monoisotopic (exact) mass is 148 g/mol. The average Bonchev–Trinajstić information content (AvgIpc) is 1.83. The molecular formula is C5H12N2OS. The highest BCUT2D eigenvalue weighted by molar-refractivity contribution is 7.80. The predicted molar refractivity (Wildman–Crippen MR) is 40.3 cm³/mol. The lowest BCUT2D eigenvalue weighted by Crippen LogP contribution is -2.24. The Morgan fingerprint density at radius 1 is 1.67 bits per heavy atom. The summed E-state index contributed by atoms with van der Waals surface area (Å²) in [7, 11) is 0. The molecule has 4 heteroatoms. The second-order valence-electron chi connectivity index (χ2n) is 1.95. The van der Waals surface area contributed by atoms with E-state index in [1.165, 1.54) is 0 Å². The molecule has 1 amide bonds. The van der Waals surface area contributed by atoms with Crippen molar-refractivity contribution in [3.63, 3.8) is 0 Å². The molecule has 0 heterocycles. The Kier molecular flexibility index (Phi) is 4.53. The molecule has 1 unspecified atom stereocenters. The van der Waals surface area contributed by atoms with Gasteiger partial charge in [-0.25, -0.2) is 0 Å². The van der Waals surface area contributed by atoms with E-state index in [4.69, 9.17) is 11.5 Å². The number of rotatable bonds is 4. The van der Waals surface area contributed by atoms with Gasteiger partial charge in [-0.15, -0.1) is 0 Å². The van der Waals surface area contributed by atoms with Crippen LogP contribution < -0.4 is 11.5 Å². The first-order chi connectivity index (χ1) is 4.16. The van der Waals surface area contributed by atoms with Crippen LogP contribution in [0.2, 0.25) is 0 Å². The molecule has 0 aromatic rings. The Morgan fingerprint density at radius 2 is 2.22 bits per heavy atom. The van der Waals surface area contributed by atoms with Crippen LogP contribution in [0.5, 0.6) is 0 Å². The maximum atomic E-state index is 10.2. The molecule has 1 atom stereocenters. The van der Waals surface area contributed by atoms with E-state index < -0.39 is 0 Å². The van der Waals surface area contributed by atoms with E-state index >= 15 is 0 Å². The highest BCUT2D eigenvalue weighted by Gasteiger charge is 2.00. The zero-order valence-corrected chi connectivity index (χ0v) is 6.10. The van der Waals surface area contributed by atoms with Crippen molar-refractivity contribution < 1.29 is 4.79 Å². The van der Waals surface area contributed by atoms with Gasteiger partial charge in [0.1, 0.15) is 0 Å². The van der Waals surface area contributed by atoms with Crippen LogP contribution in [0.25, 0.3) is 0 Å². The van der Waals surface area contributed by atoms with Crippen molar-refractivity contribution in [2.24, 2.45) is 11.5 Å². The van der Waals surface area contributed by atoms with Crippen molar-refractivity contribution >= 4 is 18.5 Å². The second-order valence-corrected chi connectivity index (χ2v) is 2.31. The summed E-state index contributed by atoms with van der Waals surface area (Å²) in [6, 6.07) is 0.000772. The molecule has 0 fully saturated rings. The van der Waals surface area contributed by atoms with Crippen LogP contribution in [0.15, 0.2) is 0 Å². The van der Waals surface area contributed by atoms with Crippen LogP contribution in [-0.2, 0) is 4.79 Å². The normalized spacial score (nSPS) is 13.1. The topological polar surface area (TPSA) is 69.1 Å². The van der Waals surface area contributed by atoms with Gasteiger partial charge in [0, 0.05) is 18.2 Å². The van der Waals surface area contributed by atoms with Crippen LogP contribution in [0.1, 0.15) is 12.8 Å². The molecular weight excluding hydrogens is 136 g/mol. The molecule has 0 aromatic heterocycles. The Balaban J connectivity index is 3.16. The van der Waals surface area contributed by atoms with E-state index in [1.807, 2.05) is 0 Å². The number of nitrogens with two attached hydrogens (primary N) is 2. The van der Waals surface area contributed by atoms with Crippen molar-refractivity contribution in [2.75, 3.05) is 5.75 Å². The van der Waals surface area contributed by atoms with Crippen molar-refractivity contribution in [3.05, 3.63) is 0 Å². The van der Waals surface area contributed by atoms with Gasteiger partial charge < -0.3 is 11.5 Å². The maximum Gasteiger partial charge on any atom is 0.217 e. The van der Waals surface area contributed by atoms with E-state index in [0.717, 1.165) is 0 Å². The van der Waals surface area contributed by atoms with Crippen LogP contribution in [0.3, 0.4) is 0 Å². The molecule has 0 saturated carbocycles. The minimum Gasteiger partial charge on any atom is -0.370 e. The highest BCUT2D eigenvalue weighted by atomic mass is 32.1. The van der Waals surface area contributed by atoms with E-state index in [2.05, 4.69) is 12.6 Å². The molecule has 4 N–H and O–H groups in total. The second kappa shape index (κ2) is 4.64. The Bertz CT molecular complexity index is 97.0. The quantitative estimate of drug-likeness (QED) is 0.471. The van der Waals surface area contributed by atoms with Crippen molar-refractivity contribution in [1.29, 1.82) is 0 Å². The minimum atomic E-state index is -0.299. The summed E-state index contributed by atoms with van der Waals surface area (Å²) >= 11 is 3.94. The van der Waals surface area contributed by atoms with Crippen molar-refractivity contribution in [1.82, 2.24) is 0 Å². The molecule has 0 aliphatic heterocycles. The van der Waals surface area contributed by atoms with Gasteiger partial charge in [0.2, 0.25) is 5.91 Å². The van der Waals surface area contributed by atoms with Gasteiger partial charge in [-0.3, -0.25) is 4.79 Å². The van der Waals surface area contributed by atoms with E-state index in [9.17, 15) is 4.79 Å². The minimum absolute atomic E-state index is 0.000772. The third kappa shape index (κ3) is 5.65. The van der Waals surface area contributed by atoms with Gasteiger partial charge in [-0.2, -0.15) is 12.6 Å². The Hall–Kier alpha value is -0.220. The third-order valence-corrected chi connectivity index (χ3v) is 1.47. The van der Waals surface area contributed by atoms with Crippen LogP contribution in [0, 0.1) is 0 Å². The molecule has 3 nitrogen and oxygen atoms in total. The van der Waals surface area contributed by atoms with Gasteiger partial charge in [-0.05, 0) is 6.42 Å². The van der Waals surface area contributed by atoms with Gasteiger partial charge >= 0.3 is 0 Å². The van der Waals surface area contributed by atoms with Gasteiger partial charge in [-0.1, -0.05) is 0 Å². The molecule has 0 aromatic carbocycles. The fourth-order valence-electron chi connectivity index (χ4n) is 0.419. The first kappa shape index (κ1) is 8.78. The third-order valence-electron chi connectivity index (χ3n) is 0.996. The molecule has 0 spiro atoms. The lowest BCUT2D eigenvalue weighted by molar-refractivity contribution is -0.118. The first-order valence-electron chi connectivity index (χ1n) is 2.81. The number of hydrogen-bond acceptors (Lipinski definition) is 3. The fourth-order valence-corrected chi connectivity index (χ4v) is 0.602. The zero-order chi connectivity index (χ0) is 7.28. The lowest BCUT2D eigenvalue weighted by atomic mass is 10.2. The molecule has 9 heavy (non-hydrogen) atoms. The molecule has 0 aliphatic rings. The summed E-state index contributed by atoms with van der Waals surface area (Å²) in [6.07, 6.45) is 1.00. The van der Waals surface area contributed by atoms with Crippen molar-refractivity contribution in [3.8, 4) is 0 Å². The summed E-state index contributed by atoms with van der Waals surface area (Å²) in [4.78, 5) is 10.2.